The third-order valence-electron chi connectivity index (χ3n) is 0.574. The van der Waals surface area contributed by atoms with Crippen molar-refractivity contribution in [3.05, 3.63) is 0 Å². The average molecular weight is 212 g/mol. The van der Waals surface area contributed by atoms with Gasteiger partial charge in [0.05, 0.1) is 13.2 Å². The van der Waals surface area contributed by atoms with E-state index in [9.17, 15) is 9.46 Å². The standard InChI is InChI=1S/C4H11O4P.Ni/c1-3-7-9(5,6)8-4-2;/h3-4H2,1-2H3,(H,5,6);/p-1. The molecule has 6 heteroatoms. The normalized spacial score (nSPS) is 10.7. The number of hydrogen-bond acceptors (Lipinski definition) is 4. The van der Waals surface area contributed by atoms with E-state index < -0.39 is 7.82 Å². The molecule has 0 atom stereocenters. The molecular weight excluding hydrogens is 202 g/mol. The summed E-state index contributed by atoms with van der Waals surface area (Å²) in [5, 5.41) is 0. The maximum absolute atomic E-state index is 10.4. The van der Waals surface area contributed by atoms with E-state index in [4.69, 9.17) is 0 Å². The van der Waals surface area contributed by atoms with Gasteiger partial charge in [-0.2, -0.15) is 0 Å². The van der Waals surface area contributed by atoms with Crippen molar-refractivity contribution in [1.82, 2.24) is 0 Å². The Labute approximate surface area is 70.5 Å². The minimum absolute atomic E-state index is 0. The second-order valence-electron chi connectivity index (χ2n) is 1.28. The molecule has 0 saturated carbocycles. The second kappa shape index (κ2) is 6.32. The maximum atomic E-state index is 10.4. The van der Waals surface area contributed by atoms with Crippen molar-refractivity contribution in [2.45, 2.75) is 13.8 Å². The van der Waals surface area contributed by atoms with Crippen LogP contribution in [0.1, 0.15) is 13.8 Å². The van der Waals surface area contributed by atoms with Crippen molar-refractivity contribution in [2.24, 2.45) is 0 Å². The molecule has 0 aromatic heterocycles. The van der Waals surface area contributed by atoms with Crippen LogP contribution in [0.15, 0.2) is 0 Å². The smallest absolute Gasteiger partial charge is 0.267 e. The number of phosphoric acid groups is 1. The summed E-state index contributed by atoms with van der Waals surface area (Å²) in [7, 11) is -3.94. The van der Waals surface area contributed by atoms with Gasteiger partial charge in [-0.15, -0.1) is 0 Å². The molecule has 0 spiro atoms. The van der Waals surface area contributed by atoms with E-state index in [2.05, 4.69) is 9.05 Å². The summed E-state index contributed by atoms with van der Waals surface area (Å²) < 4.78 is 18.9. The van der Waals surface area contributed by atoms with E-state index in [0.717, 1.165) is 0 Å². The van der Waals surface area contributed by atoms with Crippen LogP contribution in [0.5, 0.6) is 0 Å². The van der Waals surface area contributed by atoms with Gasteiger partial charge in [0.25, 0.3) is 7.82 Å². The summed E-state index contributed by atoms with van der Waals surface area (Å²) in [4.78, 5) is 10.4. The van der Waals surface area contributed by atoms with Gasteiger partial charge < -0.3 is 13.9 Å². The number of hydrogen-bond donors (Lipinski definition) is 0. The molecule has 0 heterocycles. The maximum Gasteiger partial charge on any atom is 0.267 e. The Bertz CT molecular complexity index is 108. The van der Waals surface area contributed by atoms with Crippen LogP contribution in [0.25, 0.3) is 0 Å². The fourth-order valence-electron chi connectivity index (χ4n) is 0.353. The quantitative estimate of drug-likeness (QED) is 0.503. The Morgan fingerprint density at radius 2 is 1.60 bits per heavy atom. The van der Waals surface area contributed by atoms with Crippen molar-refractivity contribution >= 4 is 7.82 Å². The summed E-state index contributed by atoms with van der Waals surface area (Å²) in [5.74, 6) is 0. The molecule has 0 N–H and O–H groups in total. The molecule has 4 nitrogen and oxygen atoms in total. The van der Waals surface area contributed by atoms with Crippen LogP contribution < -0.4 is 4.89 Å². The van der Waals surface area contributed by atoms with Gasteiger partial charge in [0.2, 0.25) is 0 Å². The van der Waals surface area contributed by atoms with Crippen molar-refractivity contribution in [3.63, 3.8) is 0 Å². The molecule has 0 amide bonds. The van der Waals surface area contributed by atoms with Crippen LogP contribution in [-0.4, -0.2) is 13.2 Å². The number of rotatable bonds is 4. The minimum Gasteiger partial charge on any atom is -0.756 e. The Balaban J connectivity index is 0. The fourth-order valence-corrected chi connectivity index (χ4v) is 1.06. The van der Waals surface area contributed by atoms with E-state index in [-0.39, 0.29) is 29.7 Å². The monoisotopic (exact) mass is 211 g/mol. The first-order valence-electron chi connectivity index (χ1n) is 2.72. The molecule has 10 heavy (non-hydrogen) atoms. The van der Waals surface area contributed by atoms with Gasteiger partial charge in [0.15, 0.2) is 0 Å². The summed E-state index contributed by atoms with van der Waals surface area (Å²) in [5.41, 5.74) is 0. The third kappa shape index (κ3) is 6.72. The van der Waals surface area contributed by atoms with Crippen LogP contribution in [0.3, 0.4) is 0 Å². The van der Waals surface area contributed by atoms with Crippen LogP contribution in [0, 0.1) is 0 Å². The Hall–Kier alpha value is 0.604. The first kappa shape index (κ1) is 13.2. The summed E-state index contributed by atoms with van der Waals surface area (Å²) >= 11 is 0. The molecule has 0 aromatic rings. The molecule has 66 valence electrons. The zero-order valence-electron chi connectivity index (χ0n) is 5.81. The van der Waals surface area contributed by atoms with Crippen LogP contribution in [0.2, 0.25) is 0 Å². The molecular formula is C4H10NiO4P-. The van der Waals surface area contributed by atoms with E-state index in [0.29, 0.717) is 0 Å². The van der Waals surface area contributed by atoms with Gasteiger partial charge in [0, 0.05) is 16.5 Å². The molecule has 0 aliphatic rings. The largest absolute Gasteiger partial charge is 0.756 e. The predicted octanol–water partition coefficient (Wildman–Crippen LogP) is 0.525. The van der Waals surface area contributed by atoms with Crippen molar-refractivity contribution < 1.29 is 35.0 Å². The zero-order chi connectivity index (χ0) is 7.33. The van der Waals surface area contributed by atoms with Gasteiger partial charge in [-0.25, -0.2) is 0 Å². The molecule has 0 aliphatic heterocycles. The number of phosphoric ester groups is 1. The summed E-state index contributed by atoms with van der Waals surface area (Å²) in [6, 6.07) is 0. The fraction of sp³-hybridized carbons (Fsp3) is 1.00. The van der Waals surface area contributed by atoms with Crippen molar-refractivity contribution in [3.8, 4) is 0 Å². The predicted molar refractivity (Wildman–Crippen MR) is 30.9 cm³/mol. The minimum atomic E-state index is -3.94. The Kier molecular flexibility index (Phi) is 8.35. The van der Waals surface area contributed by atoms with Gasteiger partial charge in [-0.3, -0.25) is 4.57 Å². The van der Waals surface area contributed by atoms with Crippen molar-refractivity contribution in [1.29, 1.82) is 0 Å². The first-order valence-corrected chi connectivity index (χ1v) is 4.18. The summed E-state index contributed by atoms with van der Waals surface area (Å²) in [6.45, 7) is 3.43. The van der Waals surface area contributed by atoms with E-state index in [1.165, 1.54) is 0 Å². The molecule has 0 aliphatic carbocycles. The van der Waals surface area contributed by atoms with Gasteiger partial charge in [-0.1, -0.05) is 0 Å². The van der Waals surface area contributed by atoms with E-state index in [1.807, 2.05) is 0 Å². The van der Waals surface area contributed by atoms with E-state index >= 15 is 0 Å². The molecule has 0 bridgehead atoms. The van der Waals surface area contributed by atoms with Gasteiger partial charge >= 0.3 is 0 Å². The summed E-state index contributed by atoms with van der Waals surface area (Å²) in [6.07, 6.45) is 0. The Morgan fingerprint density at radius 1 is 1.30 bits per heavy atom. The topological polar surface area (TPSA) is 58.6 Å². The molecule has 0 fully saturated rings. The van der Waals surface area contributed by atoms with Crippen LogP contribution >= 0.6 is 7.82 Å². The van der Waals surface area contributed by atoms with Gasteiger partial charge in [-0.05, 0) is 13.8 Å². The molecule has 0 saturated heterocycles. The zero-order valence-corrected chi connectivity index (χ0v) is 7.69. The Morgan fingerprint density at radius 3 is 1.80 bits per heavy atom. The molecule has 0 radical (unpaired) electrons. The molecule has 0 unspecified atom stereocenters. The molecule has 0 aromatic carbocycles. The third-order valence-corrected chi connectivity index (χ3v) is 1.72. The second-order valence-corrected chi connectivity index (χ2v) is 2.69. The first-order chi connectivity index (χ1) is 4.12. The van der Waals surface area contributed by atoms with Crippen LogP contribution in [-0.2, 0) is 30.1 Å². The average Bonchev–Trinajstić information content (AvgIpc) is 1.64. The SMILES string of the molecule is CCOP(=O)([O-])OCC.[Ni]. The van der Waals surface area contributed by atoms with Crippen molar-refractivity contribution in [2.75, 3.05) is 13.2 Å². The van der Waals surface area contributed by atoms with E-state index in [1.54, 1.807) is 13.8 Å². The van der Waals surface area contributed by atoms with Crippen LogP contribution in [0.4, 0.5) is 0 Å². The molecule has 0 rings (SSSR count). The van der Waals surface area contributed by atoms with Gasteiger partial charge in [0.1, 0.15) is 0 Å².